The first-order valence-corrected chi connectivity index (χ1v) is 7.97. The molecule has 5 nitrogen and oxygen atoms in total. The van der Waals surface area contributed by atoms with Gasteiger partial charge >= 0.3 is 0 Å². The van der Waals surface area contributed by atoms with E-state index in [0.29, 0.717) is 13.2 Å². The summed E-state index contributed by atoms with van der Waals surface area (Å²) in [6.45, 7) is 2.74. The number of ether oxygens (including phenoxy) is 1. The maximum absolute atomic E-state index is 9.79. The molecule has 0 aromatic heterocycles. The van der Waals surface area contributed by atoms with Gasteiger partial charge in [-0.05, 0) is 49.9 Å². The lowest BCUT2D eigenvalue weighted by molar-refractivity contribution is 0.00150. The molecule has 0 unspecified atom stereocenters. The number of piperidine rings is 1. The second kappa shape index (κ2) is 8.48. The van der Waals surface area contributed by atoms with Crippen LogP contribution in [0.15, 0.2) is 30.3 Å². The Kier molecular flexibility index (Phi) is 6.64. The monoisotopic (exact) mass is 309 g/mol. The third kappa shape index (κ3) is 4.95. The number of benzene rings is 1. The zero-order valence-electron chi connectivity index (χ0n) is 13.0. The largest absolute Gasteiger partial charge is 0.494 e. The SMILES string of the molecule is OC[C@H](O)CN1CCC(CO)(CCOc2ccccc2)CC1. The molecule has 1 aromatic carbocycles. The first-order chi connectivity index (χ1) is 10.7. The number of likely N-dealkylation sites (tertiary alicyclic amines) is 1. The predicted molar refractivity (Wildman–Crippen MR) is 84.8 cm³/mol. The highest BCUT2D eigenvalue weighted by molar-refractivity contribution is 5.20. The van der Waals surface area contributed by atoms with Crippen LogP contribution >= 0.6 is 0 Å². The predicted octanol–water partition coefficient (Wildman–Crippen LogP) is 0.883. The molecule has 0 amide bonds. The van der Waals surface area contributed by atoms with E-state index in [0.717, 1.165) is 38.1 Å². The average Bonchev–Trinajstić information content (AvgIpc) is 2.57. The zero-order chi connectivity index (χ0) is 15.8. The topological polar surface area (TPSA) is 73.2 Å². The average molecular weight is 309 g/mol. The first kappa shape index (κ1) is 17.2. The third-order valence-corrected chi connectivity index (χ3v) is 4.58. The molecule has 1 aromatic rings. The Bertz CT molecular complexity index is 418. The molecule has 0 saturated carbocycles. The summed E-state index contributed by atoms with van der Waals surface area (Å²) in [5, 5.41) is 28.2. The summed E-state index contributed by atoms with van der Waals surface area (Å²) in [6.07, 6.45) is 1.93. The van der Waals surface area contributed by atoms with Gasteiger partial charge in [-0.2, -0.15) is 0 Å². The summed E-state index contributed by atoms with van der Waals surface area (Å²) < 4.78 is 5.75. The Balaban J connectivity index is 1.76. The van der Waals surface area contributed by atoms with Crippen LogP contribution in [-0.2, 0) is 0 Å². The quantitative estimate of drug-likeness (QED) is 0.665. The van der Waals surface area contributed by atoms with Crippen LogP contribution in [0.1, 0.15) is 19.3 Å². The molecule has 1 aliphatic rings. The molecule has 124 valence electrons. The van der Waals surface area contributed by atoms with Crippen LogP contribution in [0.2, 0.25) is 0 Å². The molecule has 0 radical (unpaired) electrons. The molecule has 22 heavy (non-hydrogen) atoms. The van der Waals surface area contributed by atoms with Crippen LogP contribution in [0, 0.1) is 5.41 Å². The van der Waals surface area contributed by atoms with Crippen molar-refractivity contribution in [3.63, 3.8) is 0 Å². The minimum atomic E-state index is -0.678. The summed E-state index contributed by atoms with van der Waals surface area (Å²) in [5.74, 6) is 0.860. The van der Waals surface area contributed by atoms with E-state index in [2.05, 4.69) is 4.90 Å². The number of hydrogen-bond acceptors (Lipinski definition) is 5. The van der Waals surface area contributed by atoms with Crippen molar-refractivity contribution in [3.05, 3.63) is 30.3 Å². The standard InChI is InChI=1S/C17H27NO4/c19-13-15(21)12-18-9-6-17(14-20,7-10-18)8-11-22-16-4-2-1-3-5-16/h1-5,15,19-21H,6-14H2/t15-/m1/s1. The van der Waals surface area contributed by atoms with E-state index in [-0.39, 0.29) is 18.6 Å². The smallest absolute Gasteiger partial charge is 0.119 e. The van der Waals surface area contributed by atoms with E-state index < -0.39 is 6.10 Å². The summed E-state index contributed by atoms with van der Waals surface area (Å²) in [5.41, 5.74) is -0.0878. The number of nitrogens with zero attached hydrogens (tertiary/aromatic N) is 1. The number of para-hydroxylation sites is 1. The van der Waals surface area contributed by atoms with Crippen molar-refractivity contribution in [3.8, 4) is 5.75 Å². The fourth-order valence-corrected chi connectivity index (χ4v) is 2.96. The van der Waals surface area contributed by atoms with Crippen molar-refractivity contribution in [2.75, 3.05) is 39.5 Å². The van der Waals surface area contributed by atoms with E-state index in [1.54, 1.807) is 0 Å². The van der Waals surface area contributed by atoms with Gasteiger partial charge in [-0.1, -0.05) is 18.2 Å². The highest BCUT2D eigenvalue weighted by Crippen LogP contribution is 2.34. The maximum Gasteiger partial charge on any atom is 0.119 e. The molecule has 1 fully saturated rings. The summed E-state index contributed by atoms with van der Waals surface area (Å²) in [7, 11) is 0. The Labute approximate surface area is 132 Å². The van der Waals surface area contributed by atoms with Gasteiger partial charge in [0.15, 0.2) is 0 Å². The first-order valence-electron chi connectivity index (χ1n) is 7.97. The number of β-amino-alcohol motifs (C(OH)–C–C–N with tert-alkyl or cyclic N) is 1. The molecular formula is C17H27NO4. The van der Waals surface area contributed by atoms with Gasteiger partial charge in [-0.25, -0.2) is 0 Å². The maximum atomic E-state index is 9.79. The molecule has 1 heterocycles. The van der Waals surface area contributed by atoms with Gasteiger partial charge in [0.2, 0.25) is 0 Å². The molecule has 5 heteroatoms. The van der Waals surface area contributed by atoms with E-state index in [1.165, 1.54) is 0 Å². The van der Waals surface area contributed by atoms with Gasteiger partial charge < -0.3 is 25.0 Å². The van der Waals surface area contributed by atoms with E-state index in [4.69, 9.17) is 9.84 Å². The molecule has 0 aliphatic carbocycles. The minimum Gasteiger partial charge on any atom is -0.494 e. The lowest BCUT2D eigenvalue weighted by Gasteiger charge is -2.41. The van der Waals surface area contributed by atoms with Crippen LogP contribution < -0.4 is 4.74 Å². The van der Waals surface area contributed by atoms with Crippen molar-refractivity contribution < 1.29 is 20.1 Å². The number of rotatable bonds is 8. The van der Waals surface area contributed by atoms with Gasteiger partial charge in [0.25, 0.3) is 0 Å². The molecular weight excluding hydrogens is 282 g/mol. The molecule has 0 spiro atoms. The third-order valence-electron chi connectivity index (χ3n) is 4.58. The van der Waals surface area contributed by atoms with Crippen LogP contribution in [0.4, 0.5) is 0 Å². The van der Waals surface area contributed by atoms with Gasteiger partial charge in [-0.3, -0.25) is 0 Å². The molecule has 2 rings (SSSR count). The van der Waals surface area contributed by atoms with Crippen molar-refractivity contribution in [2.45, 2.75) is 25.4 Å². The molecule has 1 saturated heterocycles. The molecule has 1 atom stereocenters. The van der Waals surface area contributed by atoms with Crippen molar-refractivity contribution >= 4 is 0 Å². The van der Waals surface area contributed by atoms with Gasteiger partial charge in [0.1, 0.15) is 5.75 Å². The number of aliphatic hydroxyl groups excluding tert-OH is 3. The fraction of sp³-hybridized carbons (Fsp3) is 0.647. The van der Waals surface area contributed by atoms with E-state index in [9.17, 15) is 10.2 Å². The van der Waals surface area contributed by atoms with Crippen molar-refractivity contribution in [1.29, 1.82) is 0 Å². The lowest BCUT2D eigenvalue weighted by Crippen LogP contribution is -2.45. The van der Waals surface area contributed by atoms with Crippen LogP contribution in [0.3, 0.4) is 0 Å². The molecule has 1 aliphatic heterocycles. The Morgan fingerprint density at radius 1 is 1.14 bits per heavy atom. The van der Waals surface area contributed by atoms with Crippen molar-refractivity contribution in [2.24, 2.45) is 5.41 Å². The molecule has 3 N–H and O–H groups in total. The highest BCUT2D eigenvalue weighted by Gasteiger charge is 2.34. The van der Waals surface area contributed by atoms with Crippen LogP contribution in [-0.4, -0.2) is 65.8 Å². The zero-order valence-corrected chi connectivity index (χ0v) is 13.0. The summed E-state index contributed by atoms with van der Waals surface area (Å²) in [6, 6.07) is 9.72. The second-order valence-corrected chi connectivity index (χ2v) is 6.21. The van der Waals surface area contributed by atoms with Crippen LogP contribution in [0.5, 0.6) is 5.75 Å². The van der Waals surface area contributed by atoms with E-state index >= 15 is 0 Å². The van der Waals surface area contributed by atoms with E-state index in [1.807, 2.05) is 30.3 Å². The Morgan fingerprint density at radius 2 is 1.82 bits per heavy atom. The lowest BCUT2D eigenvalue weighted by atomic mass is 9.76. The molecule has 0 bridgehead atoms. The summed E-state index contributed by atoms with van der Waals surface area (Å²) >= 11 is 0. The summed E-state index contributed by atoms with van der Waals surface area (Å²) in [4.78, 5) is 2.15. The Hall–Kier alpha value is -1.14. The number of hydrogen-bond donors (Lipinski definition) is 3. The highest BCUT2D eigenvalue weighted by atomic mass is 16.5. The van der Waals surface area contributed by atoms with Crippen LogP contribution in [0.25, 0.3) is 0 Å². The second-order valence-electron chi connectivity index (χ2n) is 6.21. The Morgan fingerprint density at radius 3 is 2.41 bits per heavy atom. The normalized spacial score (nSPS) is 19.8. The van der Waals surface area contributed by atoms with Gasteiger partial charge in [0.05, 0.1) is 19.3 Å². The van der Waals surface area contributed by atoms with Crippen molar-refractivity contribution in [1.82, 2.24) is 4.90 Å². The minimum absolute atomic E-state index is 0.0878. The number of aliphatic hydroxyl groups is 3. The fourth-order valence-electron chi connectivity index (χ4n) is 2.96. The van der Waals surface area contributed by atoms with Gasteiger partial charge in [0, 0.05) is 13.2 Å². The van der Waals surface area contributed by atoms with Gasteiger partial charge in [-0.15, -0.1) is 0 Å².